The summed E-state index contributed by atoms with van der Waals surface area (Å²) >= 11 is 0. The fraction of sp³-hybridized carbons (Fsp3) is 0. The summed E-state index contributed by atoms with van der Waals surface area (Å²) in [5.74, 6) is 0. The van der Waals surface area contributed by atoms with E-state index in [1.165, 1.54) is 12.4 Å². The summed E-state index contributed by atoms with van der Waals surface area (Å²) in [5.41, 5.74) is 2.41. The second kappa shape index (κ2) is 2.27. The molecule has 7 heteroatoms. The average molecular weight is 162 g/mol. The van der Waals surface area contributed by atoms with Gasteiger partial charge in [-0.2, -0.15) is 13.5 Å². The number of rotatable bonds is 1. The minimum absolute atomic E-state index is 0.795. The van der Waals surface area contributed by atoms with Crippen molar-refractivity contribution < 1.29 is 8.42 Å². The Morgan fingerprint density at radius 2 is 2.30 bits per heavy atom. The molecule has 0 fully saturated rings. The number of hydrogen-bond donors (Lipinski definition) is 2. The zero-order chi connectivity index (χ0) is 7.61. The van der Waals surface area contributed by atoms with Crippen molar-refractivity contribution in [3.63, 3.8) is 0 Å². The molecule has 0 aliphatic carbocycles. The van der Waals surface area contributed by atoms with Crippen LogP contribution in [-0.4, -0.2) is 19.1 Å². The van der Waals surface area contributed by atoms with Crippen LogP contribution in [0.5, 0.6) is 0 Å². The van der Waals surface area contributed by atoms with E-state index < -0.39 is 10.2 Å². The Bertz CT molecular complexity index is 254. The molecule has 0 bridgehead atoms. The first-order chi connectivity index (χ1) is 4.61. The van der Waals surface area contributed by atoms with Crippen LogP contribution in [-0.2, 0) is 10.2 Å². The maximum atomic E-state index is 10.5. The van der Waals surface area contributed by atoms with Crippen LogP contribution in [0.4, 0.5) is 0 Å². The largest absolute Gasteiger partial charge is 0.303 e. The SMILES string of the molecule is NS(=O)(=O)N1C=CNN=C1. The Kier molecular flexibility index (Phi) is 1.60. The lowest BCUT2D eigenvalue weighted by atomic mass is 10.8. The highest BCUT2D eigenvalue weighted by molar-refractivity contribution is 7.87. The van der Waals surface area contributed by atoms with Gasteiger partial charge in [-0.25, -0.2) is 9.44 Å². The molecule has 0 saturated heterocycles. The monoisotopic (exact) mass is 162 g/mol. The highest BCUT2D eigenvalue weighted by Crippen LogP contribution is 1.93. The summed E-state index contributed by atoms with van der Waals surface area (Å²) < 4.78 is 21.8. The van der Waals surface area contributed by atoms with Crippen molar-refractivity contribution in [2.24, 2.45) is 10.2 Å². The van der Waals surface area contributed by atoms with Crippen molar-refractivity contribution in [3.05, 3.63) is 12.4 Å². The highest BCUT2D eigenvalue weighted by Gasteiger charge is 2.10. The molecule has 0 aromatic carbocycles. The van der Waals surface area contributed by atoms with Crippen LogP contribution < -0.4 is 10.6 Å². The lowest BCUT2D eigenvalue weighted by molar-refractivity contribution is 0.563. The molecule has 1 rings (SSSR count). The van der Waals surface area contributed by atoms with Gasteiger partial charge in [0.05, 0.1) is 0 Å². The predicted molar refractivity (Wildman–Crippen MR) is 35.7 cm³/mol. The topological polar surface area (TPSA) is 87.8 Å². The smallest absolute Gasteiger partial charge is 0.283 e. The normalized spacial score (nSPS) is 17.1. The molecular formula is C3H6N4O2S. The lowest BCUT2D eigenvalue weighted by Gasteiger charge is -2.12. The number of nitrogens with one attached hydrogen (secondary N) is 1. The van der Waals surface area contributed by atoms with E-state index in [1.807, 2.05) is 0 Å². The van der Waals surface area contributed by atoms with Crippen LogP contribution in [0.2, 0.25) is 0 Å². The second-order valence-electron chi connectivity index (χ2n) is 1.56. The molecule has 1 heterocycles. The number of hydrazone groups is 1. The zero-order valence-electron chi connectivity index (χ0n) is 4.93. The third kappa shape index (κ3) is 1.45. The van der Waals surface area contributed by atoms with Gasteiger partial charge in [-0.15, -0.1) is 0 Å². The zero-order valence-corrected chi connectivity index (χ0v) is 5.75. The molecule has 0 saturated carbocycles. The van der Waals surface area contributed by atoms with Gasteiger partial charge < -0.3 is 0 Å². The molecular weight excluding hydrogens is 156 g/mol. The van der Waals surface area contributed by atoms with E-state index in [0.717, 1.165) is 10.6 Å². The van der Waals surface area contributed by atoms with Gasteiger partial charge in [0, 0.05) is 12.4 Å². The van der Waals surface area contributed by atoms with Gasteiger partial charge in [0.1, 0.15) is 6.34 Å². The predicted octanol–water partition coefficient (Wildman–Crippen LogP) is -1.49. The summed E-state index contributed by atoms with van der Waals surface area (Å²) in [7, 11) is -3.67. The summed E-state index contributed by atoms with van der Waals surface area (Å²) in [6.07, 6.45) is 3.67. The standard InChI is InChI=1S/C3H6N4O2S/c4-10(8,9)7-2-1-5-6-3-7/h1-3,5H,(H2,4,8,9). The van der Waals surface area contributed by atoms with E-state index >= 15 is 0 Å². The average Bonchev–Trinajstić information content (AvgIpc) is 1.88. The maximum absolute atomic E-state index is 10.5. The first kappa shape index (κ1) is 7.03. The molecule has 1 aliphatic heterocycles. The van der Waals surface area contributed by atoms with E-state index in [1.54, 1.807) is 0 Å². The Morgan fingerprint density at radius 1 is 1.60 bits per heavy atom. The molecule has 0 aromatic heterocycles. The third-order valence-corrected chi connectivity index (χ3v) is 1.64. The van der Waals surface area contributed by atoms with Crippen LogP contribution in [0.15, 0.2) is 17.5 Å². The fourth-order valence-electron chi connectivity index (χ4n) is 0.429. The molecule has 0 radical (unpaired) electrons. The van der Waals surface area contributed by atoms with Gasteiger partial charge >= 0.3 is 10.2 Å². The second-order valence-corrected chi connectivity index (χ2v) is 3.02. The van der Waals surface area contributed by atoms with E-state index in [9.17, 15) is 8.42 Å². The molecule has 0 spiro atoms. The molecule has 0 atom stereocenters. The molecule has 0 unspecified atom stereocenters. The number of nitrogens with zero attached hydrogens (tertiary/aromatic N) is 2. The van der Waals surface area contributed by atoms with Crippen molar-refractivity contribution in [1.82, 2.24) is 9.73 Å². The van der Waals surface area contributed by atoms with Crippen LogP contribution in [0.3, 0.4) is 0 Å². The van der Waals surface area contributed by atoms with Gasteiger partial charge in [-0.3, -0.25) is 5.43 Å². The molecule has 0 amide bonds. The summed E-state index contributed by atoms with van der Waals surface area (Å²) in [5, 5.41) is 8.17. The Labute approximate surface area is 58.2 Å². The Morgan fingerprint density at radius 3 is 2.60 bits per heavy atom. The van der Waals surface area contributed by atoms with Crippen molar-refractivity contribution in [2.45, 2.75) is 0 Å². The minimum atomic E-state index is -3.67. The summed E-state index contributed by atoms with van der Waals surface area (Å²) in [6.45, 7) is 0. The van der Waals surface area contributed by atoms with Gasteiger partial charge in [-0.05, 0) is 0 Å². The van der Waals surface area contributed by atoms with Crippen molar-refractivity contribution in [1.29, 1.82) is 0 Å². The van der Waals surface area contributed by atoms with E-state index in [4.69, 9.17) is 5.14 Å². The highest BCUT2D eigenvalue weighted by atomic mass is 32.2. The van der Waals surface area contributed by atoms with Gasteiger partial charge in [0.2, 0.25) is 0 Å². The number of nitrogens with two attached hydrogens (primary N) is 1. The Balaban J connectivity index is 2.84. The summed E-state index contributed by atoms with van der Waals surface area (Å²) in [4.78, 5) is 0. The van der Waals surface area contributed by atoms with E-state index in [0.29, 0.717) is 0 Å². The van der Waals surface area contributed by atoms with Crippen LogP contribution in [0.25, 0.3) is 0 Å². The maximum Gasteiger partial charge on any atom is 0.303 e. The fourth-order valence-corrected chi connectivity index (χ4v) is 0.838. The lowest BCUT2D eigenvalue weighted by Crippen LogP contribution is -2.33. The quantitative estimate of drug-likeness (QED) is 0.492. The number of hydrogen-bond acceptors (Lipinski definition) is 4. The molecule has 6 nitrogen and oxygen atoms in total. The Hall–Kier alpha value is -1.08. The summed E-state index contributed by atoms with van der Waals surface area (Å²) in [6, 6.07) is 0. The molecule has 0 aromatic rings. The van der Waals surface area contributed by atoms with Crippen molar-refractivity contribution in [3.8, 4) is 0 Å². The van der Waals surface area contributed by atoms with E-state index in [2.05, 4.69) is 10.5 Å². The first-order valence-corrected chi connectivity index (χ1v) is 3.88. The molecule has 56 valence electrons. The molecule has 1 aliphatic rings. The molecule has 3 N–H and O–H groups in total. The van der Waals surface area contributed by atoms with Gasteiger partial charge in [0.15, 0.2) is 0 Å². The van der Waals surface area contributed by atoms with Gasteiger partial charge in [-0.1, -0.05) is 0 Å². The third-order valence-electron chi connectivity index (χ3n) is 0.836. The van der Waals surface area contributed by atoms with Crippen molar-refractivity contribution >= 4 is 16.5 Å². The first-order valence-electron chi connectivity index (χ1n) is 2.37. The van der Waals surface area contributed by atoms with Crippen LogP contribution in [0, 0.1) is 0 Å². The van der Waals surface area contributed by atoms with Crippen molar-refractivity contribution in [2.75, 3.05) is 0 Å². The van der Waals surface area contributed by atoms with Crippen LogP contribution in [0.1, 0.15) is 0 Å². The van der Waals surface area contributed by atoms with Crippen LogP contribution >= 0.6 is 0 Å². The van der Waals surface area contributed by atoms with Gasteiger partial charge in [0.25, 0.3) is 0 Å². The minimum Gasteiger partial charge on any atom is -0.283 e. The molecule has 10 heavy (non-hydrogen) atoms. The van der Waals surface area contributed by atoms with E-state index in [-0.39, 0.29) is 0 Å².